The lowest BCUT2D eigenvalue weighted by Gasteiger charge is -2.23. The molecule has 5 heteroatoms. The molecule has 1 unspecified atom stereocenters. The van der Waals surface area contributed by atoms with Crippen LogP contribution in [0.3, 0.4) is 0 Å². The summed E-state index contributed by atoms with van der Waals surface area (Å²) in [5.41, 5.74) is 0.982. The van der Waals surface area contributed by atoms with Crippen LogP contribution in [0.1, 0.15) is 6.92 Å². The number of benzene rings is 1. The number of carbonyl (C=O) groups is 1. The van der Waals surface area contributed by atoms with E-state index < -0.39 is 4.33 Å². The first-order valence-electron chi connectivity index (χ1n) is 5.53. The molecule has 0 aliphatic carbocycles. The number of amides is 1. The number of fused-ring (bicyclic) bond motifs is 1. The van der Waals surface area contributed by atoms with Gasteiger partial charge in [0.25, 0.3) is 0 Å². The highest BCUT2D eigenvalue weighted by Crippen LogP contribution is 2.45. The molecule has 1 atom stereocenters. The molecule has 0 aromatic heterocycles. The van der Waals surface area contributed by atoms with Gasteiger partial charge in [0, 0.05) is 11.0 Å². The van der Waals surface area contributed by atoms with Crippen molar-refractivity contribution in [3.8, 4) is 0 Å². The van der Waals surface area contributed by atoms with Crippen molar-refractivity contribution >= 4 is 36.0 Å². The van der Waals surface area contributed by atoms with Crippen molar-refractivity contribution in [2.24, 2.45) is 0 Å². The van der Waals surface area contributed by atoms with Crippen LogP contribution in [0.2, 0.25) is 0 Å². The summed E-state index contributed by atoms with van der Waals surface area (Å²) in [7, 11) is 0. The van der Waals surface area contributed by atoms with Crippen molar-refractivity contribution in [1.29, 1.82) is 0 Å². The normalized spacial score (nSPS) is 22.1. The van der Waals surface area contributed by atoms with Crippen molar-refractivity contribution in [3.63, 3.8) is 0 Å². The van der Waals surface area contributed by atoms with Crippen LogP contribution in [0.4, 0.5) is 5.69 Å². The predicted octanol–water partition coefficient (Wildman–Crippen LogP) is 2.99. The lowest BCUT2D eigenvalue weighted by molar-refractivity contribution is -0.116. The molecule has 0 radical (unpaired) electrons. The van der Waals surface area contributed by atoms with Gasteiger partial charge in [0.1, 0.15) is 0 Å². The van der Waals surface area contributed by atoms with Gasteiger partial charge in [-0.25, -0.2) is 0 Å². The van der Waals surface area contributed by atoms with E-state index in [9.17, 15) is 4.79 Å². The molecule has 1 aliphatic heterocycles. The zero-order valence-corrected chi connectivity index (χ0v) is 11.6. The Morgan fingerprint density at radius 2 is 2.22 bits per heavy atom. The molecule has 1 heterocycles. The van der Waals surface area contributed by atoms with Gasteiger partial charge in [0.15, 0.2) is 0 Å². The molecular weight excluding hydrogens is 264 g/mol. The molecule has 0 saturated heterocycles. The maximum absolute atomic E-state index is 11.7. The molecule has 2 N–H and O–H groups in total. The third kappa shape index (κ3) is 3.11. The Morgan fingerprint density at radius 3 is 2.94 bits per heavy atom. The average Bonchev–Trinajstić information content (AvgIpc) is 2.64. The van der Waals surface area contributed by atoms with Crippen LogP contribution in [-0.2, 0) is 4.79 Å². The second-order valence-electron chi connectivity index (χ2n) is 3.74. The van der Waals surface area contributed by atoms with E-state index in [0.717, 1.165) is 10.6 Å². The Balaban J connectivity index is 2.01. The molecule has 1 aromatic rings. The lowest BCUT2D eigenvalue weighted by Crippen LogP contribution is -2.44. The summed E-state index contributed by atoms with van der Waals surface area (Å²) in [6.45, 7) is 1.90. The number of rotatable bonds is 3. The molecule has 0 fully saturated rings. The smallest absolute Gasteiger partial charge is 0.247 e. The van der Waals surface area contributed by atoms with E-state index in [0.29, 0.717) is 0 Å². The summed E-state index contributed by atoms with van der Waals surface area (Å²) in [6, 6.07) is 7.86. The summed E-state index contributed by atoms with van der Waals surface area (Å²) in [5.74, 6) is -0.184. The molecule has 0 saturated carbocycles. The first-order chi connectivity index (χ1) is 8.63. The molecule has 94 valence electrons. The molecular formula is C13H14N2OS2. The molecule has 2 rings (SSSR count). The first kappa shape index (κ1) is 13.1. The summed E-state index contributed by atoms with van der Waals surface area (Å²) >= 11 is 5.95. The van der Waals surface area contributed by atoms with Crippen LogP contribution in [0, 0.1) is 0 Å². The number of para-hydroxylation sites is 1. The predicted molar refractivity (Wildman–Crippen MR) is 79.7 cm³/mol. The number of allylic oxidation sites excluding steroid dienone is 3. The van der Waals surface area contributed by atoms with E-state index in [4.69, 9.17) is 0 Å². The van der Waals surface area contributed by atoms with Crippen molar-refractivity contribution in [2.45, 2.75) is 16.1 Å². The Hall–Kier alpha value is -1.33. The maximum Gasteiger partial charge on any atom is 0.247 e. The van der Waals surface area contributed by atoms with Gasteiger partial charge in [0.05, 0.1) is 5.69 Å². The fourth-order valence-electron chi connectivity index (χ4n) is 1.55. The van der Waals surface area contributed by atoms with Gasteiger partial charge in [-0.15, -0.1) is 12.6 Å². The second-order valence-corrected chi connectivity index (χ2v) is 5.97. The van der Waals surface area contributed by atoms with Crippen LogP contribution in [-0.4, -0.2) is 10.2 Å². The van der Waals surface area contributed by atoms with Crippen molar-refractivity contribution < 1.29 is 4.79 Å². The Kier molecular flexibility index (Phi) is 4.04. The van der Waals surface area contributed by atoms with Gasteiger partial charge in [-0.2, -0.15) is 0 Å². The fraction of sp³-hybridized carbons (Fsp3) is 0.154. The van der Waals surface area contributed by atoms with Gasteiger partial charge in [-0.05, 0) is 19.1 Å². The van der Waals surface area contributed by atoms with Gasteiger partial charge < -0.3 is 10.6 Å². The van der Waals surface area contributed by atoms with Gasteiger partial charge in [-0.1, -0.05) is 42.1 Å². The highest BCUT2D eigenvalue weighted by atomic mass is 32.2. The Labute approximate surface area is 116 Å². The summed E-state index contributed by atoms with van der Waals surface area (Å²) in [5, 5.41) is 5.99. The van der Waals surface area contributed by atoms with Crippen LogP contribution in [0.15, 0.2) is 53.5 Å². The minimum Gasteiger partial charge on any atom is -0.345 e. The summed E-state index contributed by atoms with van der Waals surface area (Å²) < 4.78 is -0.791. The van der Waals surface area contributed by atoms with Crippen molar-refractivity contribution in [3.05, 3.63) is 48.6 Å². The highest BCUT2D eigenvalue weighted by molar-refractivity contribution is 8.12. The zero-order valence-electron chi connectivity index (χ0n) is 9.88. The molecule has 0 bridgehead atoms. The molecule has 1 amide bonds. The number of carbonyl (C=O) groups excluding carboxylic acids is 1. The van der Waals surface area contributed by atoms with Crippen molar-refractivity contribution in [1.82, 2.24) is 5.32 Å². The van der Waals surface area contributed by atoms with Crippen LogP contribution in [0.25, 0.3) is 0 Å². The number of hydrogen-bond acceptors (Lipinski definition) is 4. The fourth-order valence-corrected chi connectivity index (χ4v) is 3.08. The third-order valence-corrected chi connectivity index (χ3v) is 3.87. The topological polar surface area (TPSA) is 41.1 Å². The SMILES string of the molecule is C/C=C/C=C/C(=O)NC1(S)Nc2ccccc2S1. The maximum atomic E-state index is 11.7. The lowest BCUT2D eigenvalue weighted by atomic mass is 10.3. The van der Waals surface area contributed by atoms with E-state index in [1.165, 1.54) is 17.8 Å². The van der Waals surface area contributed by atoms with Crippen LogP contribution in [0.5, 0.6) is 0 Å². The molecule has 0 spiro atoms. The van der Waals surface area contributed by atoms with Crippen LogP contribution < -0.4 is 10.6 Å². The molecule has 1 aliphatic rings. The molecule has 1 aromatic carbocycles. The second kappa shape index (κ2) is 5.54. The van der Waals surface area contributed by atoms with Gasteiger partial charge in [-0.3, -0.25) is 4.79 Å². The first-order valence-corrected chi connectivity index (χ1v) is 6.79. The van der Waals surface area contributed by atoms with E-state index in [1.54, 1.807) is 12.2 Å². The summed E-state index contributed by atoms with van der Waals surface area (Å²) in [4.78, 5) is 12.8. The van der Waals surface area contributed by atoms with Gasteiger partial charge in [0.2, 0.25) is 10.2 Å². The van der Waals surface area contributed by atoms with Crippen molar-refractivity contribution in [2.75, 3.05) is 5.32 Å². The highest BCUT2D eigenvalue weighted by Gasteiger charge is 2.35. The third-order valence-electron chi connectivity index (χ3n) is 2.29. The van der Waals surface area contributed by atoms with Gasteiger partial charge >= 0.3 is 0 Å². The minimum atomic E-state index is -0.791. The minimum absolute atomic E-state index is 0.184. The van der Waals surface area contributed by atoms with E-state index in [1.807, 2.05) is 37.3 Å². The number of thiol groups is 1. The zero-order chi connectivity index (χ0) is 13.0. The Bertz CT molecular complexity index is 486. The molecule has 18 heavy (non-hydrogen) atoms. The Morgan fingerprint density at radius 1 is 1.44 bits per heavy atom. The average molecular weight is 278 g/mol. The monoisotopic (exact) mass is 278 g/mol. The van der Waals surface area contributed by atoms with Crippen LogP contribution >= 0.6 is 24.4 Å². The number of nitrogens with one attached hydrogen (secondary N) is 2. The largest absolute Gasteiger partial charge is 0.345 e. The van der Waals surface area contributed by atoms with E-state index in [2.05, 4.69) is 23.3 Å². The van der Waals surface area contributed by atoms with E-state index >= 15 is 0 Å². The molecule has 3 nitrogen and oxygen atoms in total. The number of hydrogen-bond donors (Lipinski definition) is 3. The standard InChI is InChI=1S/C13H14N2OS2/c1-2-3-4-9-12(16)15-13(17)14-10-7-5-6-8-11(10)18-13/h2-9,14,17H,1H3,(H,15,16)/b3-2+,9-4+. The summed E-state index contributed by atoms with van der Waals surface area (Å²) in [6.07, 6.45) is 6.83. The number of anilines is 1. The van der Waals surface area contributed by atoms with E-state index in [-0.39, 0.29) is 5.91 Å². The number of thioether (sulfide) groups is 1. The quantitative estimate of drug-likeness (QED) is 0.344.